The molecule has 1 aliphatic rings. The average Bonchev–Trinajstić information content (AvgIpc) is 3.18. The van der Waals surface area contributed by atoms with Crippen LogP contribution in [0, 0.1) is 6.92 Å². The molecule has 0 aliphatic heterocycles. The molecule has 1 N–H and O–H groups in total. The number of benzene rings is 1. The van der Waals surface area contributed by atoms with Crippen LogP contribution in [0.4, 0.5) is 5.69 Å². The second kappa shape index (κ2) is 6.20. The van der Waals surface area contributed by atoms with Crippen molar-refractivity contribution >= 4 is 11.6 Å². The molecule has 0 bridgehead atoms. The molecule has 0 atom stereocenters. The fourth-order valence-electron chi connectivity index (χ4n) is 3.29. The van der Waals surface area contributed by atoms with Crippen LogP contribution in [-0.4, -0.2) is 20.7 Å². The van der Waals surface area contributed by atoms with E-state index < -0.39 is 0 Å². The number of nitrogens with one attached hydrogen (secondary N) is 1. The molecule has 25 heavy (non-hydrogen) atoms. The van der Waals surface area contributed by atoms with Gasteiger partial charge in [0.25, 0.3) is 5.91 Å². The van der Waals surface area contributed by atoms with Crippen molar-refractivity contribution < 1.29 is 9.21 Å². The lowest BCUT2D eigenvalue weighted by atomic mass is 9.80. The van der Waals surface area contributed by atoms with E-state index in [9.17, 15) is 4.79 Å². The van der Waals surface area contributed by atoms with Gasteiger partial charge in [0.05, 0.1) is 12.4 Å². The highest BCUT2D eigenvalue weighted by Crippen LogP contribution is 2.38. The van der Waals surface area contributed by atoms with E-state index in [0.29, 0.717) is 17.5 Å². The summed E-state index contributed by atoms with van der Waals surface area (Å²) in [5.74, 6) is 0.869. The standard InChI is InChI=1S/C19H20N4O2/c1-12-14(19-20-9-10-25-19)7-4-8-16(12)22-18(24)17-15(11-21-23(17)2)13-5-3-6-13/h4,7-11,13H,3,5-6H2,1-2H3,(H,22,24). The zero-order valence-electron chi connectivity index (χ0n) is 14.3. The van der Waals surface area contributed by atoms with Crippen molar-refractivity contribution in [2.45, 2.75) is 32.1 Å². The summed E-state index contributed by atoms with van der Waals surface area (Å²) >= 11 is 0. The number of hydrogen-bond donors (Lipinski definition) is 1. The summed E-state index contributed by atoms with van der Waals surface area (Å²) in [7, 11) is 1.81. The van der Waals surface area contributed by atoms with Gasteiger partial charge in [-0.3, -0.25) is 9.48 Å². The maximum absolute atomic E-state index is 12.9. The number of nitrogens with zero attached hydrogens (tertiary/aromatic N) is 3. The topological polar surface area (TPSA) is 73.0 Å². The molecule has 4 rings (SSSR count). The Kier molecular flexibility index (Phi) is 3.87. The van der Waals surface area contributed by atoms with Crippen molar-refractivity contribution in [1.82, 2.24) is 14.8 Å². The predicted octanol–water partition coefficient (Wildman–Crippen LogP) is 3.90. The van der Waals surface area contributed by atoms with Crippen LogP contribution in [0.5, 0.6) is 0 Å². The molecule has 2 aromatic heterocycles. The minimum Gasteiger partial charge on any atom is -0.445 e. The first-order chi connectivity index (χ1) is 12.1. The maximum Gasteiger partial charge on any atom is 0.274 e. The van der Waals surface area contributed by atoms with Crippen molar-refractivity contribution in [3.05, 3.63) is 53.7 Å². The summed E-state index contributed by atoms with van der Waals surface area (Å²) in [6, 6.07) is 5.71. The number of oxazole rings is 1. The lowest BCUT2D eigenvalue weighted by Crippen LogP contribution is -2.21. The van der Waals surface area contributed by atoms with Gasteiger partial charge < -0.3 is 9.73 Å². The fourth-order valence-corrected chi connectivity index (χ4v) is 3.29. The molecular weight excluding hydrogens is 316 g/mol. The van der Waals surface area contributed by atoms with Gasteiger partial charge in [0, 0.05) is 23.9 Å². The molecule has 0 radical (unpaired) electrons. The molecule has 1 saturated carbocycles. The minimum absolute atomic E-state index is 0.130. The van der Waals surface area contributed by atoms with Gasteiger partial charge >= 0.3 is 0 Å². The summed E-state index contributed by atoms with van der Waals surface area (Å²) in [5.41, 5.74) is 4.23. The van der Waals surface area contributed by atoms with Crippen LogP contribution in [0.3, 0.4) is 0 Å². The summed E-state index contributed by atoms with van der Waals surface area (Å²) < 4.78 is 7.05. The normalized spacial score (nSPS) is 14.3. The molecule has 2 heterocycles. The molecule has 0 spiro atoms. The van der Waals surface area contributed by atoms with Gasteiger partial charge in [-0.15, -0.1) is 0 Å². The Hall–Kier alpha value is -2.89. The monoisotopic (exact) mass is 336 g/mol. The fraction of sp³-hybridized carbons (Fsp3) is 0.316. The van der Waals surface area contributed by atoms with Gasteiger partial charge in [-0.25, -0.2) is 4.98 Å². The predicted molar refractivity (Wildman–Crippen MR) is 94.4 cm³/mol. The zero-order valence-corrected chi connectivity index (χ0v) is 14.3. The number of aryl methyl sites for hydroxylation is 1. The smallest absolute Gasteiger partial charge is 0.274 e. The summed E-state index contributed by atoms with van der Waals surface area (Å²) in [5, 5.41) is 7.32. The molecular formula is C19H20N4O2. The van der Waals surface area contributed by atoms with E-state index in [1.54, 1.807) is 17.1 Å². The summed E-state index contributed by atoms with van der Waals surface area (Å²) in [4.78, 5) is 17.1. The van der Waals surface area contributed by atoms with Crippen LogP contribution < -0.4 is 5.32 Å². The molecule has 0 unspecified atom stereocenters. The highest BCUT2D eigenvalue weighted by atomic mass is 16.3. The van der Waals surface area contributed by atoms with E-state index in [-0.39, 0.29) is 5.91 Å². The first kappa shape index (κ1) is 15.6. The number of anilines is 1. The van der Waals surface area contributed by atoms with Gasteiger partial charge in [0.15, 0.2) is 0 Å². The van der Waals surface area contributed by atoms with Gasteiger partial charge in [-0.1, -0.05) is 12.5 Å². The molecule has 128 valence electrons. The van der Waals surface area contributed by atoms with Crippen molar-refractivity contribution in [2.24, 2.45) is 7.05 Å². The van der Waals surface area contributed by atoms with Crippen LogP contribution >= 0.6 is 0 Å². The van der Waals surface area contributed by atoms with E-state index in [1.165, 1.54) is 6.42 Å². The summed E-state index contributed by atoms with van der Waals surface area (Å²) in [6.45, 7) is 1.95. The lowest BCUT2D eigenvalue weighted by Gasteiger charge is -2.25. The quantitative estimate of drug-likeness (QED) is 0.784. The summed E-state index contributed by atoms with van der Waals surface area (Å²) in [6.07, 6.45) is 8.46. The number of rotatable bonds is 4. The third kappa shape index (κ3) is 2.73. The van der Waals surface area contributed by atoms with Gasteiger partial charge in [0.2, 0.25) is 5.89 Å². The Bertz CT molecular complexity index is 908. The van der Waals surface area contributed by atoms with E-state index in [1.807, 2.05) is 38.4 Å². The van der Waals surface area contributed by atoms with Crippen LogP contribution in [0.1, 0.15) is 46.8 Å². The Labute approximate surface area is 145 Å². The number of amides is 1. The number of hydrogen-bond acceptors (Lipinski definition) is 4. The molecule has 1 aromatic carbocycles. The molecule has 3 aromatic rings. The van der Waals surface area contributed by atoms with E-state index in [0.717, 1.165) is 35.2 Å². The molecule has 0 saturated heterocycles. The number of aromatic nitrogens is 3. The zero-order chi connectivity index (χ0) is 17.4. The number of carbonyl (C=O) groups is 1. The largest absolute Gasteiger partial charge is 0.445 e. The van der Waals surface area contributed by atoms with Crippen molar-refractivity contribution in [3.63, 3.8) is 0 Å². The number of carbonyl (C=O) groups excluding carboxylic acids is 1. The average molecular weight is 336 g/mol. The maximum atomic E-state index is 12.9. The second-order valence-electron chi connectivity index (χ2n) is 6.47. The molecule has 1 aliphatic carbocycles. The SMILES string of the molecule is Cc1c(NC(=O)c2c(C3CCC3)cnn2C)cccc1-c1ncco1. The molecule has 1 fully saturated rings. The van der Waals surface area contributed by atoms with Crippen molar-refractivity contribution in [1.29, 1.82) is 0 Å². The second-order valence-corrected chi connectivity index (χ2v) is 6.47. The van der Waals surface area contributed by atoms with Crippen molar-refractivity contribution in [2.75, 3.05) is 5.32 Å². The Balaban J connectivity index is 1.64. The Morgan fingerprint density at radius 1 is 1.36 bits per heavy atom. The van der Waals surface area contributed by atoms with E-state index in [2.05, 4.69) is 15.4 Å². The van der Waals surface area contributed by atoms with Crippen molar-refractivity contribution in [3.8, 4) is 11.5 Å². The van der Waals surface area contributed by atoms with Crippen LogP contribution in [-0.2, 0) is 7.05 Å². The molecule has 6 nitrogen and oxygen atoms in total. The van der Waals surface area contributed by atoms with Crippen LogP contribution in [0.15, 0.2) is 41.3 Å². The third-order valence-corrected chi connectivity index (χ3v) is 4.97. The Morgan fingerprint density at radius 2 is 2.20 bits per heavy atom. The van der Waals surface area contributed by atoms with E-state index in [4.69, 9.17) is 4.42 Å². The Morgan fingerprint density at radius 3 is 2.88 bits per heavy atom. The first-order valence-electron chi connectivity index (χ1n) is 8.48. The van der Waals surface area contributed by atoms with Crippen LogP contribution in [0.25, 0.3) is 11.5 Å². The molecule has 6 heteroatoms. The highest BCUT2D eigenvalue weighted by molar-refractivity contribution is 6.05. The molecule has 1 amide bonds. The third-order valence-electron chi connectivity index (χ3n) is 4.97. The van der Waals surface area contributed by atoms with Gasteiger partial charge in [0.1, 0.15) is 12.0 Å². The highest BCUT2D eigenvalue weighted by Gasteiger charge is 2.28. The van der Waals surface area contributed by atoms with Gasteiger partial charge in [-0.05, 0) is 43.4 Å². The first-order valence-corrected chi connectivity index (χ1v) is 8.48. The van der Waals surface area contributed by atoms with E-state index >= 15 is 0 Å². The minimum atomic E-state index is -0.130. The van der Waals surface area contributed by atoms with Gasteiger partial charge in [-0.2, -0.15) is 5.10 Å². The lowest BCUT2D eigenvalue weighted by molar-refractivity contribution is 0.101. The van der Waals surface area contributed by atoms with Crippen LogP contribution in [0.2, 0.25) is 0 Å².